The highest BCUT2D eigenvalue weighted by atomic mass is 32.2. The summed E-state index contributed by atoms with van der Waals surface area (Å²) in [6, 6.07) is 0. The first kappa shape index (κ1) is 16.2. The number of alkyl halides is 2. The van der Waals surface area contributed by atoms with Crippen molar-refractivity contribution in [3.8, 4) is 0 Å². The Labute approximate surface area is 99.2 Å². The first-order valence-electron chi connectivity index (χ1n) is 4.93. The number of nitrogens with two attached hydrogens (primary N) is 1. The summed E-state index contributed by atoms with van der Waals surface area (Å²) in [6.07, 6.45) is 0. The molecule has 0 bridgehead atoms. The molecule has 17 heavy (non-hydrogen) atoms. The van der Waals surface area contributed by atoms with Crippen LogP contribution in [-0.2, 0) is 14.8 Å². The fraction of sp³-hybridized carbons (Fsp3) is 0.875. The molecule has 0 saturated heterocycles. The van der Waals surface area contributed by atoms with Crippen LogP contribution in [0.2, 0.25) is 0 Å². The number of hydrogen-bond donors (Lipinski definition) is 2. The van der Waals surface area contributed by atoms with Gasteiger partial charge in [-0.05, 0) is 6.92 Å². The van der Waals surface area contributed by atoms with Crippen LogP contribution in [0.5, 0.6) is 0 Å². The fourth-order valence-corrected chi connectivity index (χ4v) is 1.63. The average Bonchev–Trinajstić information content (AvgIpc) is 2.26. The van der Waals surface area contributed by atoms with E-state index in [0.717, 1.165) is 4.31 Å². The zero-order valence-corrected chi connectivity index (χ0v) is 10.6. The minimum atomic E-state index is -3.49. The van der Waals surface area contributed by atoms with Crippen LogP contribution in [0.15, 0.2) is 0 Å². The quantitative estimate of drug-likeness (QED) is 0.621. The molecule has 0 heterocycles. The van der Waals surface area contributed by atoms with E-state index in [-0.39, 0.29) is 5.75 Å². The second-order valence-electron chi connectivity index (χ2n) is 3.49. The van der Waals surface area contributed by atoms with E-state index in [4.69, 9.17) is 5.73 Å². The van der Waals surface area contributed by atoms with E-state index in [0.29, 0.717) is 0 Å². The Morgan fingerprint density at radius 2 is 2.00 bits per heavy atom. The topological polar surface area (TPSA) is 92.5 Å². The lowest BCUT2D eigenvalue weighted by Crippen LogP contribution is -2.45. The molecular weight excluding hydrogens is 256 g/mol. The molecule has 0 aliphatic carbocycles. The molecule has 0 aromatic carbocycles. The van der Waals surface area contributed by atoms with Crippen LogP contribution >= 0.6 is 0 Å². The van der Waals surface area contributed by atoms with Crippen molar-refractivity contribution in [3.63, 3.8) is 0 Å². The van der Waals surface area contributed by atoms with Crippen molar-refractivity contribution >= 4 is 15.9 Å². The van der Waals surface area contributed by atoms with Gasteiger partial charge < -0.3 is 11.1 Å². The largest absolute Gasteiger partial charge is 0.349 e. The maximum Gasteiger partial charge on any atom is 0.277 e. The number of halogens is 2. The van der Waals surface area contributed by atoms with E-state index in [1.54, 1.807) is 0 Å². The van der Waals surface area contributed by atoms with Gasteiger partial charge in [-0.3, -0.25) is 4.79 Å². The summed E-state index contributed by atoms with van der Waals surface area (Å²) >= 11 is 0. The van der Waals surface area contributed by atoms with Gasteiger partial charge in [0, 0.05) is 7.05 Å². The van der Waals surface area contributed by atoms with Crippen molar-refractivity contribution in [1.29, 1.82) is 0 Å². The fourth-order valence-electron chi connectivity index (χ4n) is 0.877. The summed E-state index contributed by atoms with van der Waals surface area (Å²) in [6.45, 7) is -0.845. The molecule has 9 heteroatoms. The lowest BCUT2D eigenvalue weighted by atomic mass is 10.3. The number of rotatable bonds is 7. The molecule has 0 saturated carbocycles. The number of nitrogens with one attached hydrogen (secondary N) is 1. The van der Waals surface area contributed by atoms with Gasteiger partial charge in [0.05, 0.1) is 25.4 Å². The normalized spacial score (nSPS) is 12.8. The second-order valence-corrected chi connectivity index (χ2v) is 5.86. The molecule has 0 spiro atoms. The van der Waals surface area contributed by atoms with E-state index in [9.17, 15) is 22.0 Å². The zero-order chi connectivity index (χ0) is 13.7. The Balaban J connectivity index is 4.21. The number of hydrogen-bond acceptors (Lipinski definition) is 4. The van der Waals surface area contributed by atoms with E-state index in [2.05, 4.69) is 0 Å². The number of likely N-dealkylation sites (N-methyl/N-ethyl adjacent to an activating group) is 1. The molecule has 0 fully saturated rings. The lowest BCUT2D eigenvalue weighted by Gasteiger charge is -2.18. The third kappa shape index (κ3) is 5.89. The molecule has 0 aromatic heterocycles. The van der Waals surface area contributed by atoms with E-state index in [1.807, 2.05) is 5.32 Å². The van der Waals surface area contributed by atoms with Gasteiger partial charge in [0.1, 0.15) is 0 Å². The maximum atomic E-state index is 12.7. The monoisotopic (exact) mass is 273 g/mol. The number of carbonyl (C=O) groups excluding carboxylic acids is 1. The SMILES string of the molecule is CCS(=O)(=O)N(C)CC(=O)NCC(F)(F)CN. The van der Waals surface area contributed by atoms with Crippen LogP contribution < -0.4 is 11.1 Å². The number of sulfonamides is 1. The van der Waals surface area contributed by atoms with Crippen molar-refractivity contribution in [3.05, 3.63) is 0 Å². The minimum absolute atomic E-state index is 0.157. The molecule has 3 N–H and O–H groups in total. The summed E-state index contributed by atoms with van der Waals surface area (Å²) < 4.78 is 48.7. The molecule has 0 atom stereocenters. The molecule has 0 aliphatic heterocycles. The van der Waals surface area contributed by atoms with Crippen LogP contribution in [0, 0.1) is 0 Å². The van der Waals surface area contributed by atoms with E-state index >= 15 is 0 Å². The van der Waals surface area contributed by atoms with Gasteiger partial charge in [0.15, 0.2) is 0 Å². The van der Waals surface area contributed by atoms with Gasteiger partial charge >= 0.3 is 0 Å². The highest BCUT2D eigenvalue weighted by Crippen LogP contribution is 2.08. The number of nitrogens with zero attached hydrogens (tertiary/aromatic N) is 1. The first-order valence-corrected chi connectivity index (χ1v) is 6.54. The van der Waals surface area contributed by atoms with Crippen LogP contribution in [-0.4, -0.2) is 57.0 Å². The molecule has 0 aliphatic rings. The molecule has 6 nitrogen and oxygen atoms in total. The summed E-state index contributed by atoms with van der Waals surface area (Å²) in [5.74, 6) is -4.13. The van der Waals surface area contributed by atoms with Crippen molar-refractivity contribution < 1.29 is 22.0 Å². The van der Waals surface area contributed by atoms with E-state index < -0.39 is 41.5 Å². The highest BCUT2D eigenvalue weighted by Gasteiger charge is 2.27. The van der Waals surface area contributed by atoms with Crippen molar-refractivity contribution in [1.82, 2.24) is 9.62 Å². The standard InChI is InChI=1S/C8H17F2N3O3S/c1-3-17(15,16)13(2)4-7(14)12-6-8(9,10)5-11/h3-6,11H2,1-2H3,(H,12,14). The highest BCUT2D eigenvalue weighted by molar-refractivity contribution is 7.89. The summed E-state index contributed by atoms with van der Waals surface area (Å²) in [5, 5.41) is 1.93. The summed E-state index contributed by atoms with van der Waals surface area (Å²) in [7, 11) is -2.28. The first-order chi connectivity index (χ1) is 7.64. The Morgan fingerprint density at radius 1 is 1.47 bits per heavy atom. The molecule has 0 unspecified atom stereocenters. The van der Waals surface area contributed by atoms with Crippen LogP contribution in [0.4, 0.5) is 8.78 Å². The third-order valence-electron chi connectivity index (χ3n) is 2.05. The Morgan fingerprint density at radius 3 is 2.41 bits per heavy atom. The average molecular weight is 273 g/mol. The molecule has 0 radical (unpaired) electrons. The second kappa shape index (κ2) is 6.22. The zero-order valence-electron chi connectivity index (χ0n) is 9.74. The predicted molar refractivity (Wildman–Crippen MR) is 59.1 cm³/mol. The van der Waals surface area contributed by atoms with Gasteiger partial charge in [-0.2, -0.15) is 4.31 Å². The van der Waals surface area contributed by atoms with Gasteiger partial charge in [-0.25, -0.2) is 17.2 Å². The maximum absolute atomic E-state index is 12.7. The summed E-state index contributed by atoms with van der Waals surface area (Å²) in [4.78, 5) is 11.2. The van der Waals surface area contributed by atoms with Crippen molar-refractivity contribution in [2.45, 2.75) is 12.8 Å². The van der Waals surface area contributed by atoms with E-state index in [1.165, 1.54) is 14.0 Å². The van der Waals surface area contributed by atoms with Crippen molar-refractivity contribution in [2.75, 3.05) is 32.4 Å². The number of carbonyl (C=O) groups is 1. The van der Waals surface area contributed by atoms with Gasteiger partial charge in [-0.15, -0.1) is 0 Å². The number of amides is 1. The third-order valence-corrected chi connectivity index (χ3v) is 3.86. The molecular formula is C8H17F2N3O3S. The smallest absolute Gasteiger partial charge is 0.277 e. The molecule has 1 amide bonds. The van der Waals surface area contributed by atoms with Crippen molar-refractivity contribution in [2.24, 2.45) is 5.73 Å². The Bertz CT molecular complexity index is 359. The van der Waals surface area contributed by atoms with Crippen LogP contribution in [0.3, 0.4) is 0 Å². The van der Waals surface area contributed by atoms with Gasteiger partial charge in [0.25, 0.3) is 5.92 Å². The van der Waals surface area contributed by atoms with Gasteiger partial charge in [-0.1, -0.05) is 0 Å². The van der Waals surface area contributed by atoms with Crippen LogP contribution in [0.25, 0.3) is 0 Å². The van der Waals surface area contributed by atoms with Crippen LogP contribution in [0.1, 0.15) is 6.92 Å². The minimum Gasteiger partial charge on any atom is -0.349 e. The Kier molecular flexibility index (Phi) is 5.93. The predicted octanol–water partition coefficient (Wildman–Crippen LogP) is -1.02. The molecule has 102 valence electrons. The molecule has 0 aromatic rings. The lowest BCUT2D eigenvalue weighted by molar-refractivity contribution is -0.122. The summed E-state index contributed by atoms with van der Waals surface area (Å²) in [5.41, 5.74) is 4.78. The Hall–Kier alpha value is -0.800. The molecule has 0 rings (SSSR count). The van der Waals surface area contributed by atoms with Gasteiger partial charge in [0.2, 0.25) is 15.9 Å².